The lowest BCUT2D eigenvalue weighted by molar-refractivity contribution is 0.152. The number of hydrogen-bond acceptors (Lipinski definition) is 1. The molecular weight excluding hydrogens is 250 g/mol. The van der Waals surface area contributed by atoms with E-state index in [9.17, 15) is 0 Å². The molecule has 15 heavy (non-hydrogen) atoms. The van der Waals surface area contributed by atoms with E-state index in [4.69, 9.17) is 0 Å². The molecule has 0 radical (unpaired) electrons. The molecule has 0 N–H and O–H groups in total. The van der Waals surface area contributed by atoms with Crippen molar-refractivity contribution in [1.29, 1.82) is 0 Å². The maximum Gasteiger partial charge on any atom is 0.0236 e. The van der Waals surface area contributed by atoms with Crippen molar-refractivity contribution in [2.24, 2.45) is 0 Å². The van der Waals surface area contributed by atoms with Crippen molar-refractivity contribution in [2.45, 2.75) is 38.8 Å². The van der Waals surface area contributed by atoms with Crippen molar-refractivity contribution in [3.63, 3.8) is 0 Å². The van der Waals surface area contributed by atoms with Gasteiger partial charge < -0.3 is 0 Å². The molecule has 0 aliphatic carbocycles. The van der Waals surface area contributed by atoms with Gasteiger partial charge in [-0.25, -0.2) is 0 Å². The summed E-state index contributed by atoms with van der Waals surface area (Å²) in [5.41, 5.74) is 1.41. The van der Waals surface area contributed by atoms with Crippen LogP contribution in [0.25, 0.3) is 0 Å². The molecule has 1 aromatic carbocycles. The fourth-order valence-corrected chi connectivity index (χ4v) is 2.71. The van der Waals surface area contributed by atoms with Crippen molar-refractivity contribution in [3.05, 3.63) is 34.3 Å². The summed E-state index contributed by atoms with van der Waals surface area (Å²) < 4.78 is 1.18. The Kier molecular flexibility index (Phi) is 3.81. The Bertz CT molecular complexity index is 324. The van der Waals surface area contributed by atoms with E-state index < -0.39 is 0 Å². The van der Waals surface area contributed by atoms with Gasteiger partial charge in [-0.2, -0.15) is 0 Å². The highest BCUT2D eigenvalue weighted by molar-refractivity contribution is 9.10. The first kappa shape index (κ1) is 11.2. The highest BCUT2D eigenvalue weighted by Crippen LogP contribution is 2.20. The van der Waals surface area contributed by atoms with Crippen LogP contribution in [0.2, 0.25) is 0 Å². The van der Waals surface area contributed by atoms with Gasteiger partial charge in [-0.05, 0) is 44.0 Å². The summed E-state index contributed by atoms with van der Waals surface area (Å²) >= 11 is 3.52. The Morgan fingerprint density at radius 2 is 2.27 bits per heavy atom. The largest absolute Gasteiger partial charge is 0.296 e. The van der Waals surface area contributed by atoms with Gasteiger partial charge in [0.05, 0.1) is 0 Å². The minimum absolute atomic E-state index is 0.748. The maximum atomic E-state index is 3.52. The smallest absolute Gasteiger partial charge is 0.0236 e. The molecule has 1 aliphatic heterocycles. The lowest BCUT2D eigenvalue weighted by Gasteiger charge is -2.33. The Morgan fingerprint density at radius 3 is 3.00 bits per heavy atom. The summed E-state index contributed by atoms with van der Waals surface area (Å²) in [5.74, 6) is 0. The van der Waals surface area contributed by atoms with E-state index in [-0.39, 0.29) is 0 Å². The van der Waals surface area contributed by atoms with Crippen LogP contribution in [0, 0.1) is 0 Å². The standard InChI is InChI=1S/C13H18BrN/c1-11-5-2-3-8-15(11)10-12-6-4-7-13(14)9-12/h4,6-7,9,11H,2-3,5,8,10H2,1H3/t11-/m0/s1. The van der Waals surface area contributed by atoms with Crippen LogP contribution in [0.3, 0.4) is 0 Å². The molecule has 0 saturated carbocycles. The molecular formula is C13H18BrN. The second kappa shape index (κ2) is 5.13. The van der Waals surface area contributed by atoms with Gasteiger partial charge in [0.15, 0.2) is 0 Å². The third-order valence-electron chi connectivity index (χ3n) is 3.22. The van der Waals surface area contributed by atoms with Gasteiger partial charge in [0.25, 0.3) is 0 Å². The Balaban J connectivity index is 2.01. The number of hydrogen-bond donors (Lipinski definition) is 0. The van der Waals surface area contributed by atoms with Gasteiger partial charge in [0.1, 0.15) is 0 Å². The Hall–Kier alpha value is -0.340. The zero-order valence-corrected chi connectivity index (χ0v) is 10.8. The van der Waals surface area contributed by atoms with Crippen LogP contribution in [0.5, 0.6) is 0 Å². The number of benzene rings is 1. The second-order valence-electron chi connectivity index (χ2n) is 4.45. The van der Waals surface area contributed by atoms with Crippen molar-refractivity contribution >= 4 is 15.9 Å². The van der Waals surface area contributed by atoms with Crippen LogP contribution in [-0.2, 0) is 6.54 Å². The predicted molar refractivity (Wildman–Crippen MR) is 67.9 cm³/mol. The molecule has 0 spiro atoms. The SMILES string of the molecule is C[C@H]1CCCCN1Cc1cccc(Br)c1. The number of piperidine rings is 1. The van der Waals surface area contributed by atoms with Crippen LogP contribution in [-0.4, -0.2) is 17.5 Å². The minimum Gasteiger partial charge on any atom is -0.296 e. The summed E-state index contributed by atoms with van der Waals surface area (Å²) in [6.45, 7) is 4.70. The van der Waals surface area contributed by atoms with Gasteiger partial charge >= 0.3 is 0 Å². The molecule has 1 nitrogen and oxygen atoms in total. The van der Waals surface area contributed by atoms with Gasteiger partial charge in [-0.1, -0.05) is 34.5 Å². The van der Waals surface area contributed by atoms with Crippen LogP contribution in [0.15, 0.2) is 28.7 Å². The zero-order valence-electron chi connectivity index (χ0n) is 9.25. The lowest BCUT2D eigenvalue weighted by Crippen LogP contribution is -2.36. The molecule has 2 heteroatoms. The molecule has 0 aromatic heterocycles. The minimum atomic E-state index is 0.748. The molecule has 1 aliphatic rings. The normalized spacial score (nSPS) is 22.9. The van der Waals surface area contributed by atoms with E-state index in [0.717, 1.165) is 12.6 Å². The molecule has 1 fully saturated rings. The average Bonchev–Trinajstić information content (AvgIpc) is 2.22. The van der Waals surface area contributed by atoms with Gasteiger partial charge in [0, 0.05) is 17.1 Å². The van der Waals surface area contributed by atoms with E-state index in [1.807, 2.05) is 0 Å². The van der Waals surface area contributed by atoms with Crippen molar-refractivity contribution < 1.29 is 0 Å². The number of rotatable bonds is 2. The van der Waals surface area contributed by atoms with Crippen LogP contribution >= 0.6 is 15.9 Å². The first-order valence-electron chi connectivity index (χ1n) is 5.74. The third-order valence-corrected chi connectivity index (χ3v) is 3.71. The highest BCUT2D eigenvalue weighted by Gasteiger charge is 2.17. The van der Waals surface area contributed by atoms with E-state index in [1.54, 1.807) is 0 Å². The molecule has 0 unspecified atom stereocenters. The topological polar surface area (TPSA) is 3.24 Å². The quantitative estimate of drug-likeness (QED) is 0.788. The molecule has 1 aromatic rings. The van der Waals surface area contributed by atoms with Crippen molar-refractivity contribution in [2.75, 3.05) is 6.54 Å². The Labute approximate surface area is 101 Å². The molecule has 2 rings (SSSR count). The van der Waals surface area contributed by atoms with Crippen molar-refractivity contribution in [1.82, 2.24) is 4.90 Å². The fourth-order valence-electron chi connectivity index (χ4n) is 2.26. The number of likely N-dealkylation sites (tertiary alicyclic amines) is 1. The first-order valence-corrected chi connectivity index (χ1v) is 6.53. The predicted octanol–water partition coefficient (Wildman–Crippen LogP) is 3.82. The van der Waals surface area contributed by atoms with E-state index >= 15 is 0 Å². The molecule has 1 heterocycles. The molecule has 1 atom stereocenters. The third kappa shape index (κ3) is 3.05. The van der Waals surface area contributed by atoms with Crippen LogP contribution < -0.4 is 0 Å². The second-order valence-corrected chi connectivity index (χ2v) is 5.36. The van der Waals surface area contributed by atoms with E-state index in [1.165, 1.54) is 35.8 Å². The van der Waals surface area contributed by atoms with Crippen LogP contribution in [0.1, 0.15) is 31.7 Å². The summed E-state index contributed by atoms with van der Waals surface area (Å²) in [5, 5.41) is 0. The molecule has 82 valence electrons. The highest BCUT2D eigenvalue weighted by atomic mass is 79.9. The first-order chi connectivity index (χ1) is 7.25. The maximum absolute atomic E-state index is 3.52. The molecule has 1 saturated heterocycles. The summed E-state index contributed by atoms with van der Waals surface area (Å²) in [4.78, 5) is 2.59. The monoisotopic (exact) mass is 267 g/mol. The summed E-state index contributed by atoms with van der Waals surface area (Å²) in [7, 11) is 0. The van der Waals surface area contributed by atoms with E-state index in [2.05, 4.69) is 52.0 Å². The number of halogens is 1. The van der Waals surface area contributed by atoms with Crippen molar-refractivity contribution in [3.8, 4) is 0 Å². The number of nitrogens with zero attached hydrogens (tertiary/aromatic N) is 1. The average molecular weight is 268 g/mol. The van der Waals surface area contributed by atoms with Gasteiger partial charge in [0.2, 0.25) is 0 Å². The van der Waals surface area contributed by atoms with Gasteiger partial charge in [-0.3, -0.25) is 4.90 Å². The van der Waals surface area contributed by atoms with Crippen LogP contribution in [0.4, 0.5) is 0 Å². The fraction of sp³-hybridized carbons (Fsp3) is 0.538. The lowest BCUT2D eigenvalue weighted by atomic mass is 10.0. The molecule has 0 bridgehead atoms. The van der Waals surface area contributed by atoms with E-state index in [0.29, 0.717) is 0 Å². The van der Waals surface area contributed by atoms with Gasteiger partial charge in [-0.15, -0.1) is 0 Å². The summed E-state index contributed by atoms with van der Waals surface area (Å²) in [6, 6.07) is 9.39. The zero-order chi connectivity index (χ0) is 10.7. The Morgan fingerprint density at radius 1 is 1.40 bits per heavy atom. The summed E-state index contributed by atoms with van der Waals surface area (Å²) in [6.07, 6.45) is 4.11. The molecule has 0 amide bonds.